The molecule has 0 aromatic heterocycles. The molecule has 192 valence electrons. The highest BCUT2D eigenvalue weighted by atomic mass is 35.5. The molecule has 0 saturated carbocycles. The van der Waals surface area contributed by atoms with Gasteiger partial charge < -0.3 is 25.2 Å². The Bertz CT molecular complexity index is 1250. The van der Waals surface area contributed by atoms with E-state index in [0.717, 1.165) is 30.8 Å². The second-order valence-corrected chi connectivity index (χ2v) is 10.2. The van der Waals surface area contributed by atoms with E-state index in [9.17, 15) is 9.59 Å². The number of carbonyl (C=O) groups is 2. The van der Waals surface area contributed by atoms with Crippen molar-refractivity contribution in [2.75, 3.05) is 30.8 Å². The zero-order chi connectivity index (χ0) is 25.8. The number of likely N-dealkylation sites (tertiary alicyclic amines) is 1. The number of ether oxygens (including phenoxy) is 1. The van der Waals surface area contributed by atoms with Crippen LogP contribution in [0.4, 0.5) is 16.2 Å². The summed E-state index contributed by atoms with van der Waals surface area (Å²) in [5.41, 5.74) is 4.95. The van der Waals surface area contributed by atoms with E-state index < -0.39 is 6.04 Å². The topological polar surface area (TPSA) is 73.9 Å². The number of halogens is 1. The molecule has 3 amide bonds. The molecule has 2 aliphatic rings. The van der Waals surface area contributed by atoms with Gasteiger partial charge in [0.25, 0.3) is 0 Å². The average molecular weight is 519 g/mol. The molecule has 0 bridgehead atoms. The van der Waals surface area contributed by atoms with Crippen molar-refractivity contribution in [2.24, 2.45) is 0 Å². The van der Waals surface area contributed by atoms with Crippen LogP contribution in [-0.4, -0.2) is 54.0 Å². The van der Waals surface area contributed by atoms with Crippen LogP contribution in [0.2, 0.25) is 5.02 Å². The Labute approximate surface area is 222 Å². The van der Waals surface area contributed by atoms with Crippen LogP contribution in [0.5, 0.6) is 0 Å². The monoisotopic (exact) mass is 518 g/mol. The molecule has 8 heteroatoms. The molecule has 1 fully saturated rings. The van der Waals surface area contributed by atoms with Crippen LogP contribution in [-0.2, 0) is 29.1 Å². The number of hydrogen-bond acceptors (Lipinski definition) is 4. The predicted molar refractivity (Wildman–Crippen MR) is 146 cm³/mol. The van der Waals surface area contributed by atoms with E-state index in [4.69, 9.17) is 16.3 Å². The van der Waals surface area contributed by atoms with Gasteiger partial charge in [0.15, 0.2) is 0 Å². The fourth-order valence-electron chi connectivity index (χ4n) is 4.91. The van der Waals surface area contributed by atoms with Crippen LogP contribution in [0, 0.1) is 0 Å². The number of fused-ring (bicyclic) bond motifs is 1. The third-order valence-electron chi connectivity index (χ3n) is 6.93. The number of anilines is 2. The molecule has 7 nitrogen and oxygen atoms in total. The van der Waals surface area contributed by atoms with Crippen molar-refractivity contribution < 1.29 is 14.3 Å². The Morgan fingerprint density at radius 1 is 0.973 bits per heavy atom. The van der Waals surface area contributed by atoms with Gasteiger partial charge >= 0.3 is 6.03 Å². The summed E-state index contributed by atoms with van der Waals surface area (Å²) in [6, 6.07) is 21.8. The van der Waals surface area contributed by atoms with Crippen molar-refractivity contribution >= 4 is 34.9 Å². The van der Waals surface area contributed by atoms with Gasteiger partial charge in [0.2, 0.25) is 5.91 Å². The van der Waals surface area contributed by atoms with Gasteiger partial charge in [0.1, 0.15) is 6.04 Å². The van der Waals surface area contributed by atoms with Crippen molar-refractivity contribution in [1.29, 1.82) is 0 Å². The van der Waals surface area contributed by atoms with E-state index in [0.29, 0.717) is 30.3 Å². The van der Waals surface area contributed by atoms with E-state index >= 15 is 0 Å². The summed E-state index contributed by atoms with van der Waals surface area (Å²) in [6.07, 6.45) is 1.11. The number of rotatable bonds is 6. The number of carbonyl (C=O) groups excluding carboxylic acids is 2. The van der Waals surface area contributed by atoms with Crippen molar-refractivity contribution in [3.63, 3.8) is 0 Å². The van der Waals surface area contributed by atoms with Crippen molar-refractivity contribution in [3.05, 3.63) is 94.5 Å². The van der Waals surface area contributed by atoms with Gasteiger partial charge in [-0.05, 0) is 66.6 Å². The number of amides is 3. The lowest BCUT2D eigenvalue weighted by atomic mass is 9.99. The maximum Gasteiger partial charge on any atom is 0.322 e. The van der Waals surface area contributed by atoms with Gasteiger partial charge in [-0.2, -0.15) is 0 Å². The fraction of sp³-hybridized carbons (Fsp3) is 0.310. The predicted octanol–water partition coefficient (Wildman–Crippen LogP) is 5.16. The van der Waals surface area contributed by atoms with Crippen LogP contribution < -0.4 is 10.6 Å². The number of nitrogens with one attached hydrogen (secondary N) is 2. The normalized spacial score (nSPS) is 19.4. The van der Waals surface area contributed by atoms with E-state index in [1.165, 1.54) is 11.1 Å². The molecule has 0 spiro atoms. The molecule has 0 radical (unpaired) electrons. The SMILES string of the molecule is CN1CCc2cc(NC(=O)[C@H]3CC(OCc4ccccc4)CN3C(=O)Nc3ccc(Cl)cc3)ccc2C1. The standard InChI is InChI=1S/C29H31ClN4O3/c1-33-14-13-21-15-25(10-7-22(21)17-33)31-28(35)27-16-26(37-19-20-5-3-2-4-6-20)18-34(27)29(36)32-24-11-8-23(30)9-12-24/h2-12,15,26-27H,13-14,16-19H2,1H3,(H,31,35)(H,32,36)/t26?,27-/m1/s1. The first kappa shape index (κ1) is 25.3. The Morgan fingerprint density at radius 3 is 2.51 bits per heavy atom. The molecule has 0 aliphatic carbocycles. The first-order valence-electron chi connectivity index (χ1n) is 12.5. The maximum atomic E-state index is 13.5. The van der Waals surface area contributed by atoms with E-state index in [2.05, 4.69) is 34.7 Å². The molecule has 2 heterocycles. The highest BCUT2D eigenvalue weighted by molar-refractivity contribution is 6.30. The molecular weight excluding hydrogens is 488 g/mol. The smallest absolute Gasteiger partial charge is 0.322 e. The summed E-state index contributed by atoms with van der Waals surface area (Å²) in [5, 5.41) is 6.52. The van der Waals surface area contributed by atoms with Crippen LogP contribution in [0.3, 0.4) is 0 Å². The Kier molecular flexibility index (Phi) is 7.74. The third kappa shape index (κ3) is 6.31. The Hall–Kier alpha value is -3.39. The Balaban J connectivity index is 1.29. The average Bonchev–Trinajstić information content (AvgIpc) is 3.34. The molecule has 5 rings (SSSR count). The van der Waals surface area contributed by atoms with Crippen molar-refractivity contribution in [1.82, 2.24) is 9.80 Å². The number of hydrogen-bond donors (Lipinski definition) is 2. The minimum absolute atomic E-state index is 0.218. The lowest BCUT2D eigenvalue weighted by Gasteiger charge is -2.26. The largest absolute Gasteiger partial charge is 0.372 e. The minimum Gasteiger partial charge on any atom is -0.372 e. The molecule has 2 aliphatic heterocycles. The van der Waals surface area contributed by atoms with E-state index in [-0.39, 0.29) is 18.0 Å². The lowest BCUT2D eigenvalue weighted by Crippen LogP contribution is -2.45. The molecular formula is C29H31ClN4O3. The van der Waals surface area contributed by atoms with Gasteiger partial charge in [0.05, 0.1) is 12.7 Å². The molecule has 1 unspecified atom stereocenters. The van der Waals surface area contributed by atoms with Crippen LogP contribution in [0.25, 0.3) is 0 Å². The minimum atomic E-state index is -0.657. The maximum absolute atomic E-state index is 13.5. The van der Waals surface area contributed by atoms with Gasteiger partial charge in [-0.3, -0.25) is 4.79 Å². The number of likely N-dealkylation sites (N-methyl/N-ethyl adjacent to an activating group) is 1. The lowest BCUT2D eigenvalue weighted by molar-refractivity contribution is -0.119. The second-order valence-electron chi connectivity index (χ2n) is 9.72. The van der Waals surface area contributed by atoms with Crippen molar-refractivity contribution in [3.8, 4) is 0 Å². The van der Waals surface area contributed by atoms with E-state index in [1.807, 2.05) is 36.4 Å². The molecule has 1 saturated heterocycles. The van der Waals surface area contributed by atoms with Gasteiger partial charge in [-0.25, -0.2) is 4.79 Å². The molecule has 37 heavy (non-hydrogen) atoms. The van der Waals surface area contributed by atoms with E-state index in [1.54, 1.807) is 29.2 Å². The fourth-order valence-corrected chi connectivity index (χ4v) is 5.03. The van der Waals surface area contributed by atoms with Crippen LogP contribution >= 0.6 is 11.6 Å². The van der Waals surface area contributed by atoms with Gasteiger partial charge in [-0.15, -0.1) is 0 Å². The third-order valence-corrected chi connectivity index (χ3v) is 7.18. The highest BCUT2D eigenvalue weighted by Crippen LogP contribution is 2.26. The summed E-state index contributed by atoms with van der Waals surface area (Å²) < 4.78 is 6.13. The summed E-state index contributed by atoms with van der Waals surface area (Å²) >= 11 is 5.98. The summed E-state index contributed by atoms with van der Waals surface area (Å²) in [5.74, 6) is -0.218. The number of nitrogens with zero attached hydrogens (tertiary/aromatic N) is 2. The van der Waals surface area contributed by atoms with Gasteiger partial charge in [0, 0.05) is 42.5 Å². The number of urea groups is 1. The summed E-state index contributed by atoms with van der Waals surface area (Å²) in [6.45, 7) is 2.64. The highest BCUT2D eigenvalue weighted by Gasteiger charge is 2.40. The molecule has 3 aromatic rings. The quantitative estimate of drug-likeness (QED) is 0.473. The zero-order valence-electron chi connectivity index (χ0n) is 20.8. The zero-order valence-corrected chi connectivity index (χ0v) is 21.6. The Morgan fingerprint density at radius 2 is 1.73 bits per heavy atom. The molecule has 2 N–H and O–H groups in total. The van der Waals surface area contributed by atoms with Crippen LogP contribution in [0.1, 0.15) is 23.1 Å². The summed E-state index contributed by atoms with van der Waals surface area (Å²) in [7, 11) is 2.11. The molecule has 3 aromatic carbocycles. The van der Waals surface area contributed by atoms with Crippen LogP contribution in [0.15, 0.2) is 72.8 Å². The molecule has 2 atom stereocenters. The number of benzene rings is 3. The first-order chi connectivity index (χ1) is 17.9. The first-order valence-corrected chi connectivity index (χ1v) is 12.9. The van der Waals surface area contributed by atoms with Crippen molar-refractivity contribution in [2.45, 2.75) is 38.1 Å². The summed E-state index contributed by atoms with van der Waals surface area (Å²) in [4.78, 5) is 30.5. The van der Waals surface area contributed by atoms with Gasteiger partial charge in [-0.1, -0.05) is 48.0 Å². The second kappa shape index (κ2) is 11.3.